The Morgan fingerprint density at radius 1 is 1.33 bits per heavy atom. The molecule has 0 bridgehead atoms. The number of hydrogen-bond donors (Lipinski definition) is 1. The van der Waals surface area contributed by atoms with E-state index in [0.29, 0.717) is 28.3 Å². The highest BCUT2D eigenvalue weighted by Crippen LogP contribution is 2.25. The minimum absolute atomic E-state index is 0.0338. The number of aryl methyl sites for hydroxylation is 3. The van der Waals surface area contributed by atoms with Crippen molar-refractivity contribution >= 4 is 11.7 Å². The predicted molar refractivity (Wildman–Crippen MR) is 76.2 cm³/mol. The highest BCUT2D eigenvalue weighted by Gasteiger charge is 2.21. The van der Waals surface area contributed by atoms with Gasteiger partial charge in [0.25, 0.3) is 0 Å². The number of oxime groups is 1. The maximum Gasteiger partial charge on any atom is 0.332 e. The molecule has 1 aromatic heterocycles. The molecule has 0 aliphatic heterocycles. The fraction of sp³-hybridized carbons (Fsp3) is 0.267. The van der Waals surface area contributed by atoms with Crippen molar-refractivity contribution in [3.05, 3.63) is 46.3 Å². The Kier molecular flexibility index (Phi) is 4.07. The van der Waals surface area contributed by atoms with Crippen molar-refractivity contribution in [3.8, 4) is 5.75 Å². The summed E-state index contributed by atoms with van der Waals surface area (Å²) in [6.45, 7) is 6.62. The zero-order valence-electron chi connectivity index (χ0n) is 12.3. The molecular formula is C15H16N2O4. The Balaban J connectivity index is 2.65. The molecule has 1 aromatic carbocycles. The molecule has 0 fully saturated rings. The summed E-state index contributed by atoms with van der Waals surface area (Å²) in [5.41, 5.74) is 2.88. The van der Waals surface area contributed by atoms with Crippen LogP contribution in [-0.2, 0) is 9.63 Å². The highest BCUT2D eigenvalue weighted by molar-refractivity contribution is 6.15. The van der Waals surface area contributed by atoms with E-state index >= 15 is 0 Å². The molecule has 2 aromatic rings. The van der Waals surface area contributed by atoms with Gasteiger partial charge in [0.15, 0.2) is 0 Å². The topological polar surface area (TPSA) is 84.9 Å². The van der Waals surface area contributed by atoms with E-state index in [2.05, 4.69) is 10.3 Å². The largest absolute Gasteiger partial charge is 0.507 e. The third kappa shape index (κ3) is 3.10. The van der Waals surface area contributed by atoms with Crippen LogP contribution in [0.25, 0.3) is 0 Å². The number of phenols is 1. The number of benzene rings is 1. The SMILES string of the molecule is CC(=O)O/N=C(/c1cc(C)ccc1O)c1c(C)noc1C. The quantitative estimate of drug-likeness (QED) is 0.533. The zero-order chi connectivity index (χ0) is 15.6. The van der Waals surface area contributed by atoms with Gasteiger partial charge in [0, 0.05) is 12.5 Å². The minimum Gasteiger partial charge on any atom is -0.507 e. The van der Waals surface area contributed by atoms with Crippen LogP contribution in [0.2, 0.25) is 0 Å². The Labute approximate surface area is 122 Å². The molecule has 6 heteroatoms. The fourth-order valence-corrected chi connectivity index (χ4v) is 2.00. The summed E-state index contributed by atoms with van der Waals surface area (Å²) in [5.74, 6) is 0.0113. The van der Waals surface area contributed by atoms with Crippen molar-refractivity contribution in [1.29, 1.82) is 0 Å². The first kappa shape index (κ1) is 14.8. The maximum absolute atomic E-state index is 11.0. The number of carbonyl (C=O) groups is 1. The molecule has 1 heterocycles. The zero-order valence-corrected chi connectivity index (χ0v) is 12.3. The van der Waals surface area contributed by atoms with Crippen LogP contribution in [0, 0.1) is 20.8 Å². The van der Waals surface area contributed by atoms with Crippen LogP contribution in [0.5, 0.6) is 5.75 Å². The number of phenolic OH excluding ortho intramolecular Hbond substituents is 1. The standard InChI is InChI=1S/C15H16N2O4/c1-8-5-6-13(19)12(7-8)15(17-21-11(4)18)14-9(2)16-20-10(14)3/h5-7,19H,1-4H3/b17-15-. The molecule has 0 aliphatic rings. The van der Waals surface area contributed by atoms with Crippen molar-refractivity contribution < 1.29 is 19.3 Å². The van der Waals surface area contributed by atoms with Gasteiger partial charge in [-0.3, -0.25) is 0 Å². The van der Waals surface area contributed by atoms with Gasteiger partial charge in [-0.1, -0.05) is 21.9 Å². The lowest BCUT2D eigenvalue weighted by molar-refractivity contribution is -0.140. The van der Waals surface area contributed by atoms with E-state index in [9.17, 15) is 9.90 Å². The number of aromatic nitrogens is 1. The van der Waals surface area contributed by atoms with E-state index in [4.69, 9.17) is 9.36 Å². The number of carbonyl (C=O) groups excluding carboxylic acids is 1. The highest BCUT2D eigenvalue weighted by atomic mass is 16.7. The number of nitrogens with zero attached hydrogens (tertiary/aromatic N) is 2. The summed E-state index contributed by atoms with van der Waals surface area (Å²) in [6.07, 6.45) is 0. The summed E-state index contributed by atoms with van der Waals surface area (Å²) < 4.78 is 5.12. The number of hydrogen-bond acceptors (Lipinski definition) is 6. The molecule has 0 saturated carbocycles. The second-order valence-electron chi connectivity index (χ2n) is 4.74. The molecule has 2 rings (SSSR count). The summed E-state index contributed by atoms with van der Waals surface area (Å²) >= 11 is 0. The Bertz CT molecular complexity index is 697. The number of rotatable bonds is 3. The molecule has 0 spiro atoms. The lowest BCUT2D eigenvalue weighted by atomic mass is 9.99. The summed E-state index contributed by atoms with van der Waals surface area (Å²) in [5, 5.41) is 17.8. The van der Waals surface area contributed by atoms with Crippen LogP contribution >= 0.6 is 0 Å². The average molecular weight is 288 g/mol. The van der Waals surface area contributed by atoms with Crippen molar-refractivity contribution in [2.45, 2.75) is 27.7 Å². The Morgan fingerprint density at radius 3 is 2.62 bits per heavy atom. The van der Waals surface area contributed by atoms with E-state index in [1.165, 1.54) is 6.92 Å². The van der Waals surface area contributed by atoms with Crippen LogP contribution in [0.1, 0.15) is 35.1 Å². The van der Waals surface area contributed by atoms with Gasteiger partial charge in [-0.2, -0.15) is 0 Å². The molecule has 1 N–H and O–H groups in total. The monoisotopic (exact) mass is 288 g/mol. The number of aromatic hydroxyl groups is 1. The lowest BCUT2D eigenvalue weighted by Gasteiger charge is -2.09. The third-order valence-corrected chi connectivity index (χ3v) is 2.94. The van der Waals surface area contributed by atoms with Gasteiger partial charge in [-0.15, -0.1) is 0 Å². The van der Waals surface area contributed by atoms with Gasteiger partial charge >= 0.3 is 5.97 Å². The molecule has 6 nitrogen and oxygen atoms in total. The fourth-order valence-electron chi connectivity index (χ4n) is 2.00. The van der Waals surface area contributed by atoms with Crippen molar-refractivity contribution in [2.24, 2.45) is 5.16 Å². The molecule has 110 valence electrons. The lowest BCUT2D eigenvalue weighted by Crippen LogP contribution is -2.09. The van der Waals surface area contributed by atoms with E-state index in [-0.39, 0.29) is 5.75 Å². The van der Waals surface area contributed by atoms with Crippen molar-refractivity contribution in [3.63, 3.8) is 0 Å². The van der Waals surface area contributed by atoms with Crippen LogP contribution in [0.4, 0.5) is 0 Å². The predicted octanol–water partition coefficient (Wildman–Crippen LogP) is 2.62. The first-order valence-corrected chi connectivity index (χ1v) is 6.39. The molecule has 21 heavy (non-hydrogen) atoms. The second kappa shape index (κ2) is 5.78. The Hall–Kier alpha value is -2.63. The molecule has 0 unspecified atom stereocenters. The summed E-state index contributed by atoms with van der Waals surface area (Å²) in [6, 6.07) is 5.09. The van der Waals surface area contributed by atoms with E-state index < -0.39 is 5.97 Å². The molecule has 0 radical (unpaired) electrons. The van der Waals surface area contributed by atoms with Gasteiger partial charge in [0.2, 0.25) is 0 Å². The first-order valence-electron chi connectivity index (χ1n) is 6.39. The normalized spacial score (nSPS) is 11.5. The molecule has 0 aliphatic carbocycles. The van der Waals surface area contributed by atoms with Gasteiger partial charge in [-0.25, -0.2) is 4.79 Å². The first-order chi connectivity index (χ1) is 9.90. The summed E-state index contributed by atoms with van der Waals surface area (Å²) in [4.78, 5) is 15.8. The van der Waals surface area contributed by atoms with Gasteiger partial charge in [0.05, 0.1) is 11.3 Å². The van der Waals surface area contributed by atoms with Crippen molar-refractivity contribution in [1.82, 2.24) is 5.16 Å². The second-order valence-corrected chi connectivity index (χ2v) is 4.74. The van der Waals surface area contributed by atoms with Gasteiger partial charge in [0.1, 0.15) is 17.2 Å². The van der Waals surface area contributed by atoms with Crippen LogP contribution in [0.15, 0.2) is 27.9 Å². The smallest absolute Gasteiger partial charge is 0.332 e. The summed E-state index contributed by atoms with van der Waals surface area (Å²) in [7, 11) is 0. The minimum atomic E-state index is -0.550. The Morgan fingerprint density at radius 2 is 2.05 bits per heavy atom. The van der Waals surface area contributed by atoms with Crippen molar-refractivity contribution in [2.75, 3.05) is 0 Å². The van der Waals surface area contributed by atoms with Crippen LogP contribution in [-0.4, -0.2) is 21.9 Å². The maximum atomic E-state index is 11.0. The van der Waals surface area contributed by atoms with E-state index in [1.807, 2.05) is 6.92 Å². The van der Waals surface area contributed by atoms with E-state index in [1.54, 1.807) is 32.0 Å². The molecule has 0 saturated heterocycles. The van der Waals surface area contributed by atoms with Crippen LogP contribution in [0.3, 0.4) is 0 Å². The van der Waals surface area contributed by atoms with Gasteiger partial charge < -0.3 is 14.5 Å². The molecule has 0 amide bonds. The van der Waals surface area contributed by atoms with Gasteiger partial charge in [-0.05, 0) is 32.9 Å². The van der Waals surface area contributed by atoms with Crippen LogP contribution < -0.4 is 0 Å². The molecule has 0 atom stereocenters. The average Bonchev–Trinajstić information content (AvgIpc) is 2.74. The van der Waals surface area contributed by atoms with E-state index in [0.717, 1.165) is 5.56 Å². The molecular weight excluding hydrogens is 272 g/mol. The third-order valence-electron chi connectivity index (χ3n) is 2.94.